The molecule has 0 N–H and O–H groups in total. The lowest BCUT2D eigenvalue weighted by molar-refractivity contribution is 1.26. The van der Waals surface area contributed by atoms with Gasteiger partial charge in [-0.2, -0.15) is 0 Å². The van der Waals surface area contributed by atoms with E-state index in [1.54, 1.807) is 6.20 Å². The molecule has 0 unspecified atom stereocenters. The molecule has 0 aliphatic heterocycles. The predicted molar refractivity (Wildman–Crippen MR) is 65.7 cm³/mol. The van der Waals surface area contributed by atoms with Crippen LogP contribution in [-0.2, 0) is 0 Å². The van der Waals surface area contributed by atoms with Gasteiger partial charge in [-0.05, 0) is 0 Å². The maximum atomic E-state index is 5.81. The Labute approximate surface area is 101 Å². The van der Waals surface area contributed by atoms with Crippen LogP contribution in [0.3, 0.4) is 0 Å². The molecule has 2 heterocycles. The smallest absolute Gasteiger partial charge is 0.191 e. The molecule has 16 heavy (non-hydrogen) atoms. The highest BCUT2D eigenvalue weighted by molar-refractivity contribution is 7.21. The molecule has 3 aromatic rings. The SMILES string of the molecule is Clc1nc2ncc(-c3ccccc3)nc2s1. The lowest BCUT2D eigenvalue weighted by Gasteiger charge is -1.98. The van der Waals surface area contributed by atoms with E-state index in [2.05, 4.69) is 15.0 Å². The lowest BCUT2D eigenvalue weighted by Crippen LogP contribution is -1.85. The summed E-state index contributed by atoms with van der Waals surface area (Å²) in [6.07, 6.45) is 1.72. The molecule has 0 spiro atoms. The largest absolute Gasteiger partial charge is 0.232 e. The molecular weight excluding hydrogens is 242 g/mol. The summed E-state index contributed by atoms with van der Waals surface area (Å²) in [5, 5.41) is 0. The highest BCUT2D eigenvalue weighted by Crippen LogP contribution is 2.25. The van der Waals surface area contributed by atoms with E-state index in [1.165, 1.54) is 11.3 Å². The fourth-order valence-electron chi connectivity index (χ4n) is 1.44. The molecule has 5 heteroatoms. The second kappa shape index (κ2) is 3.81. The summed E-state index contributed by atoms with van der Waals surface area (Å²) in [5.41, 5.74) is 2.49. The minimum absolute atomic E-state index is 0.472. The van der Waals surface area contributed by atoms with E-state index >= 15 is 0 Å². The number of hydrogen-bond donors (Lipinski definition) is 0. The first kappa shape index (κ1) is 9.69. The molecule has 0 aliphatic carbocycles. The summed E-state index contributed by atoms with van der Waals surface area (Å²) in [6.45, 7) is 0. The summed E-state index contributed by atoms with van der Waals surface area (Å²) >= 11 is 7.15. The van der Waals surface area contributed by atoms with Crippen LogP contribution in [0.2, 0.25) is 4.47 Å². The standard InChI is InChI=1S/C11H6ClN3S/c12-11-15-9-10(16-11)14-8(6-13-9)7-4-2-1-3-5-7/h1-6H. The van der Waals surface area contributed by atoms with Gasteiger partial charge in [-0.3, -0.25) is 0 Å². The van der Waals surface area contributed by atoms with Crippen molar-refractivity contribution in [3.05, 3.63) is 41.0 Å². The fraction of sp³-hybridized carbons (Fsp3) is 0. The van der Waals surface area contributed by atoms with Gasteiger partial charge in [-0.1, -0.05) is 53.3 Å². The van der Waals surface area contributed by atoms with Crippen molar-refractivity contribution < 1.29 is 0 Å². The van der Waals surface area contributed by atoms with Gasteiger partial charge in [0.15, 0.2) is 14.9 Å². The Bertz CT molecular complexity index is 636. The summed E-state index contributed by atoms with van der Waals surface area (Å²) in [4.78, 5) is 13.5. The number of rotatable bonds is 1. The van der Waals surface area contributed by atoms with E-state index in [0.717, 1.165) is 16.1 Å². The summed E-state index contributed by atoms with van der Waals surface area (Å²) in [6, 6.07) is 9.91. The number of hydrogen-bond acceptors (Lipinski definition) is 4. The van der Waals surface area contributed by atoms with Gasteiger partial charge in [0, 0.05) is 5.56 Å². The van der Waals surface area contributed by atoms with Crippen molar-refractivity contribution in [1.29, 1.82) is 0 Å². The summed E-state index contributed by atoms with van der Waals surface area (Å²) in [5.74, 6) is 0. The monoisotopic (exact) mass is 247 g/mol. The lowest BCUT2D eigenvalue weighted by atomic mass is 10.2. The van der Waals surface area contributed by atoms with Crippen LogP contribution in [0.5, 0.6) is 0 Å². The third kappa shape index (κ3) is 1.66. The van der Waals surface area contributed by atoms with E-state index in [-0.39, 0.29) is 0 Å². The molecule has 0 radical (unpaired) electrons. The number of aromatic nitrogens is 3. The van der Waals surface area contributed by atoms with E-state index in [9.17, 15) is 0 Å². The Hall–Kier alpha value is -1.52. The van der Waals surface area contributed by atoms with Crippen LogP contribution in [0.25, 0.3) is 21.7 Å². The molecule has 3 rings (SSSR count). The number of benzene rings is 1. The van der Waals surface area contributed by atoms with E-state index in [4.69, 9.17) is 11.6 Å². The zero-order chi connectivity index (χ0) is 11.0. The first-order valence-electron chi connectivity index (χ1n) is 4.67. The molecule has 0 amide bonds. The Morgan fingerprint density at radius 3 is 2.69 bits per heavy atom. The molecule has 0 bridgehead atoms. The van der Waals surface area contributed by atoms with Crippen LogP contribution >= 0.6 is 22.9 Å². The predicted octanol–water partition coefficient (Wildman–Crippen LogP) is 3.41. The molecule has 0 saturated carbocycles. The van der Waals surface area contributed by atoms with Gasteiger partial charge in [0.2, 0.25) is 0 Å². The maximum Gasteiger partial charge on any atom is 0.191 e. The van der Waals surface area contributed by atoms with Gasteiger partial charge >= 0.3 is 0 Å². The van der Waals surface area contributed by atoms with Gasteiger partial charge in [0.25, 0.3) is 0 Å². The number of thiazole rings is 1. The molecule has 78 valence electrons. The fourth-order valence-corrected chi connectivity index (χ4v) is 2.37. The van der Waals surface area contributed by atoms with E-state index < -0.39 is 0 Å². The van der Waals surface area contributed by atoms with E-state index in [0.29, 0.717) is 10.1 Å². The average molecular weight is 248 g/mol. The van der Waals surface area contributed by atoms with Crippen LogP contribution in [0.4, 0.5) is 0 Å². The topological polar surface area (TPSA) is 38.7 Å². The van der Waals surface area contributed by atoms with Gasteiger partial charge in [-0.25, -0.2) is 15.0 Å². The van der Waals surface area contributed by atoms with Crippen molar-refractivity contribution in [2.45, 2.75) is 0 Å². The third-order valence-corrected chi connectivity index (χ3v) is 3.21. The highest BCUT2D eigenvalue weighted by atomic mass is 35.5. The molecule has 0 saturated heterocycles. The zero-order valence-corrected chi connectivity index (χ0v) is 9.66. The van der Waals surface area contributed by atoms with Gasteiger partial charge in [0.05, 0.1) is 11.9 Å². The molecule has 0 aliphatic rings. The maximum absolute atomic E-state index is 5.81. The Balaban J connectivity index is 2.18. The van der Waals surface area contributed by atoms with Crippen LogP contribution in [0, 0.1) is 0 Å². The van der Waals surface area contributed by atoms with Crippen molar-refractivity contribution in [2.24, 2.45) is 0 Å². The Morgan fingerprint density at radius 2 is 1.88 bits per heavy atom. The number of nitrogens with zero attached hydrogens (tertiary/aromatic N) is 3. The minimum Gasteiger partial charge on any atom is -0.232 e. The summed E-state index contributed by atoms with van der Waals surface area (Å²) < 4.78 is 0.472. The number of fused-ring (bicyclic) bond motifs is 1. The number of halogens is 1. The Kier molecular flexibility index (Phi) is 2.31. The third-order valence-electron chi connectivity index (χ3n) is 2.17. The normalized spacial score (nSPS) is 10.8. The highest BCUT2D eigenvalue weighted by Gasteiger charge is 2.06. The first-order chi connectivity index (χ1) is 7.83. The first-order valence-corrected chi connectivity index (χ1v) is 5.87. The van der Waals surface area contributed by atoms with Gasteiger partial charge < -0.3 is 0 Å². The van der Waals surface area contributed by atoms with Gasteiger partial charge in [-0.15, -0.1) is 0 Å². The molecule has 0 fully saturated rings. The molecule has 1 aromatic carbocycles. The second-order valence-corrected chi connectivity index (χ2v) is 4.78. The van der Waals surface area contributed by atoms with Crippen molar-refractivity contribution in [3.8, 4) is 11.3 Å². The second-order valence-electron chi connectivity index (χ2n) is 3.22. The molecular formula is C11H6ClN3S. The molecule has 3 nitrogen and oxygen atoms in total. The zero-order valence-electron chi connectivity index (χ0n) is 8.09. The average Bonchev–Trinajstić information content (AvgIpc) is 2.69. The molecule has 0 atom stereocenters. The van der Waals surface area contributed by atoms with Crippen molar-refractivity contribution >= 4 is 33.4 Å². The van der Waals surface area contributed by atoms with Crippen LogP contribution in [0.1, 0.15) is 0 Å². The van der Waals surface area contributed by atoms with Crippen LogP contribution in [-0.4, -0.2) is 15.0 Å². The van der Waals surface area contributed by atoms with E-state index in [1.807, 2.05) is 30.3 Å². The van der Waals surface area contributed by atoms with Crippen molar-refractivity contribution in [3.63, 3.8) is 0 Å². The van der Waals surface area contributed by atoms with Crippen LogP contribution < -0.4 is 0 Å². The van der Waals surface area contributed by atoms with Gasteiger partial charge in [0.1, 0.15) is 0 Å². The Morgan fingerprint density at radius 1 is 1.06 bits per heavy atom. The quantitative estimate of drug-likeness (QED) is 0.662. The van der Waals surface area contributed by atoms with Crippen molar-refractivity contribution in [2.75, 3.05) is 0 Å². The molecule has 2 aromatic heterocycles. The van der Waals surface area contributed by atoms with Crippen molar-refractivity contribution in [1.82, 2.24) is 15.0 Å². The van der Waals surface area contributed by atoms with Crippen LogP contribution in [0.15, 0.2) is 36.5 Å². The minimum atomic E-state index is 0.472. The summed E-state index contributed by atoms with van der Waals surface area (Å²) in [7, 11) is 0.